The number of amides is 1. The lowest BCUT2D eigenvalue weighted by atomic mass is 9.87. The Bertz CT molecular complexity index is 275. The molecule has 4 heteroatoms. The Labute approximate surface area is 103 Å². The zero-order chi connectivity index (χ0) is 12.3. The van der Waals surface area contributed by atoms with Crippen molar-refractivity contribution in [2.24, 2.45) is 5.92 Å². The van der Waals surface area contributed by atoms with Crippen LogP contribution in [0.3, 0.4) is 0 Å². The van der Waals surface area contributed by atoms with Gasteiger partial charge in [-0.25, -0.2) is 0 Å². The Morgan fingerprint density at radius 1 is 1.47 bits per heavy atom. The molecule has 0 aromatic heterocycles. The summed E-state index contributed by atoms with van der Waals surface area (Å²) in [6.45, 7) is 3.63. The first-order valence-corrected chi connectivity index (χ1v) is 6.81. The molecule has 1 heterocycles. The van der Waals surface area contributed by atoms with E-state index in [9.17, 15) is 9.90 Å². The molecule has 17 heavy (non-hydrogen) atoms. The van der Waals surface area contributed by atoms with E-state index < -0.39 is 0 Å². The molecule has 1 saturated heterocycles. The molecule has 2 rings (SSSR count). The van der Waals surface area contributed by atoms with E-state index in [2.05, 4.69) is 10.6 Å². The van der Waals surface area contributed by atoms with Gasteiger partial charge in [0.05, 0.1) is 11.6 Å². The smallest absolute Gasteiger partial charge is 0.240 e. The highest BCUT2D eigenvalue weighted by Gasteiger charge is 2.36. The first-order valence-electron chi connectivity index (χ1n) is 6.81. The lowest BCUT2D eigenvalue weighted by molar-refractivity contribution is -0.126. The first-order chi connectivity index (χ1) is 8.10. The maximum absolute atomic E-state index is 12.1. The minimum absolute atomic E-state index is 0.120. The number of carbonyl (C=O) groups excluding carboxylic acids is 1. The quantitative estimate of drug-likeness (QED) is 0.683. The van der Waals surface area contributed by atoms with Crippen LogP contribution >= 0.6 is 0 Å². The van der Waals surface area contributed by atoms with Crippen LogP contribution in [0, 0.1) is 5.92 Å². The summed E-state index contributed by atoms with van der Waals surface area (Å²) in [6.07, 6.45) is 5.80. The topological polar surface area (TPSA) is 61.4 Å². The Hall–Kier alpha value is -0.610. The van der Waals surface area contributed by atoms with Crippen molar-refractivity contribution in [3.05, 3.63) is 0 Å². The summed E-state index contributed by atoms with van der Waals surface area (Å²) in [5.41, 5.74) is -0.368. The predicted molar refractivity (Wildman–Crippen MR) is 66.6 cm³/mol. The molecule has 3 N–H and O–H groups in total. The molecular weight excluding hydrogens is 216 g/mol. The van der Waals surface area contributed by atoms with E-state index in [4.69, 9.17) is 0 Å². The lowest BCUT2D eigenvalue weighted by Crippen LogP contribution is -2.52. The molecule has 0 bridgehead atoms. The Morgan fingerprint density at radius 3 is 2.94 bits per heavy atom. The van der Waals surface area contributed by atoms with Crippen molar-refractivity contribution in [2.45, 2.75) is 57.1 Å². The third-order valence-corrected chi connectivity index (χ3v) is 4.18. The second-order valence-electron chi connectivity index (χ2n) is 5.76. The van der Waals surface area contributed by atoms with Gasteiger partial charge in [-0.1, -0.05) is 6.42 Å². The van der Waals surface area contributed by atoms with Gasteiger partial charge in [0, 0.05) is 6.54 Å². The normalized spacial score (nSPS) is 38.0. The van der Waals surface area contributed by atoms with E-state index in [1.54, 1.807) is 0 Å². The number of hydrogen-bond donors (Lipinski definition) is 3. The molecule has 3 atom stereocenters. The van der Waals surface area contributed by atoms with Gasteiger partial charge in [0.25, 0.3) is 0 Å². The third kappa shape index (κ3) is 3.19. The predicted octanol–water partition coefficient (Wildman–Crippen LogP) is 0.796. The van der Waals surface area contributed by atoms with E-state index in [1.165, 1.54) is 0 Å². The molecule has 0 aromatic carbocycles. The summed E-state index contributed by atoms with van der Waals surface area (Å²) in [6, 6.07) is 0. The zero-order valence-electron chi connectivity index (χ0n) is 10.7. The second-order valence-corrected chi connectivity index (χ2v) is 5.76. The summed E-state index contributed by atoms with van der Waals surface area (Å²) < 4.78 is 0. The van der Waals surface area contributed by atoms with Crippen LogP contribution in [0.25, 0.3) is 0 Å². The number of rotatable bonds is 3. The van der Waals surface area contributed by atoms with E-state index in [0.29, 0.717) is 12.5 Å². The highest BCUT2D eigenvalue weighted by molar-refractivity contribution is 5.86. The Kier molecular flexibility index (Phi) is 4.05. The Morgan fingerprint density at radius 2 is 2.29 bits per heavy atom. The third-order valence-electron chi connectivity index (χ3n) is 4.18. The molecule has 1 aliphatic heterocycles. The van der Waals surface area contributed by atoms with E-state index in [0.717, 1.165) is 45.1 Å². The lowest BCUT2D eigenvalue weighted by Gasteiger charge is -2.28. The van der Waals surface area contributed by atoms with Crippen LogP contribution in [0.15, 0.2) is 0 Å². The summed E-state index contributed by atoms with van der Waals surface area (Å²) in [4.78, 5) is 12.1. The van der Waals surface area contributed by atoms with Crippen molar-refractivity contribution < 1.29 is 9.90 Å². The maximum atomic E-state index is 12.1. The van der Waals surface area contributed by atoms with Gasteiger partial charge in [-0.05, 0) is 51.5 Å². The van der Waals surface area contributed by atoms with Gasteiger partial charge < -0.3 is 15.7 Å². The highest BCUT2D eigenvalue weighted by Crippen LogP contribution is 2.24. The van der Waals surface area contributed by atoms with E-state index in [1.807, 2.05) is 6.92 Å². The van der Waals surface area contributed by atoms with Crippen LogP contribution in [0.5, 0.6) is 0 Å². The van der Waals surface area contributed by atoms with Gasteiger partial charge in [-0.2, -0.15) is 0 Å². The molecule has 0 radical (unpaired) electrons. The number of aliphatic hydroxyl groups is 1. The molecule has 2 fully saturated rings. The van der Waals surface area contributed by atoms with Crippen LogP contribution < -0.4 is 10.6 Å². The maximum Gasteiger partial charge on any atom is 0.240 e. The van der Waals surface area contributed by atoms with Gasteiger partial charge in [0.1, 0.15) is 0 Å². The molecule has 0 aromatic rings. The fourth-order valence-electron chi connectivity index (χ4n) is 2.97. The number of aliphatic hydroxyl groups excluding tert-OH is 1. The van der Waals surface area contributed by atoms with Crippen molar-refractivity contribution in [2.75, 3.05) is 13.1 Å². The largest absolute Gasteiger partial charge is 0.393 e. The van der Waals surface area contributed by atoms with Crippen molar-refractivity contribution in [3.63, 3.8) is 0 Å². The highest BCUT2D eigenvalue weighted by atomic mass is 16.3. The average Bonchev–Trinajstić information content (AvgIpc) is 2.74. The molecule has 98 valence electrons. The van der Waals surface area contributed by atoms with Gasteiger partial charge in [-0.15, -0.1) is 0 Å². The summed E-state index contributed by atoms with van der Waals surface area (Å²) in [7, 11) is 0. The van der Waals surface area contributed by atoms with Gasteiger partial charge >= 0.3 is 0 Å². The molecule has 2 aliphatic rings. The molecule has 3 unspecified atom stereocenters. The summed E-state index contributed by atoms with van der Waals surface area (Å²) in [5, 5.41) is 15.9. The van der Waals surface area contributed by atoms with Crippen molar-refractivity contribution in [1.29, 1.82) is 0 Å². The van der Waals surface area contributed by atoms with Crippen molar-refractivity contribution >= 4 is 5.91 Å². The van der Waals surface area contributed by atoms with Gasteiger partial charge in [0.2, 0.25) is 5.91 Å². The number of nitrogens with one attached hydrogen (secondary N) is 2. The summed E-state index contributed by atoms with van der Waals surface area (Å²) in [5.74, 6) is 0.572. The Balaban J connectivity index is 1.75. The molecule has 4 nitrogen and oxygen atoms in total. The van der Waals surface area contributed by atoms with E-state index >= 15 is 0 Å². The first kappa shape index (κ1) is 12.8. The minimum Gasteiger partial charge on any atom is -0.393 e. The number of hydrogen-bond acceptors (Lipinski definition) is 3. The second kappa shape index (κ2) is 5.36. The van der Waals surface area contributed by atoms with E-state index in [-0.39, 0.29) is 17.6 Å². The monoisotopic (exact) mass is 240 g/mol. The standard InChI is InChI=1S/C13H24N2O2/c1-13(6-3-7-15-13)12(17)14-9-10-4-2-5-11(16)8-10/h10-11,15-16H,2-9H2,1H3,(H,14,17). The summed E-state index contributed by atoms with van der Waals surface area (Å²) >= 11 is 0. The fourth-order valence-corrected chi connectivity index (χ4v) is 2.97. The van der Waals surface area contributed by atoms with Crippen LogP contribution in [0.2, 0.25) is 0 Å². The average molecular weight is 240 g/mol. The molecule has 1 saturated carbocycles. The van der Waals surface area contributed by atoms with Gasteiger partial charge in [0.15, 0.2) is 0 Å². The van der Waals surface area contributed by atoms with Gasteiger partial charge in [-0.3, -0.25) is 4.79 Å². The van der Waals surface area contributed by atoms with Crippen LogP contribution in [-0.2, 0) is 4.79 Å². The SMILES string of the molecule is CC1(C(=O)NCC2CCCC(O)C2)CCCN1. The zero-order valence-corrected chi connectivity index (χ0v) is 10.7. The molecule has 1 amide bonds. The minimum atomic E-state index is -0.368. The fraction of sp³-hybridized carbons (Fsp3) is 0.923. The van der Waals surface area contributed by atoms with Crippen molar-refractivity contribution in [1.82, 2.24) is 10.6 Å². The van der Waals surface area contributed by atoms with Crippen LogP contribution in [0.1, 0.15) is 45.4 Å². The van der Waals surface area contributed by atoms with Crippen LogP contribution in [0.4, 0.5) is 0 Å². The molecule has 0 spiro atoms. The van der Waals surface area contributed by atoms with Crippen molar-refractivity contribution in [3.8, 4) is 0 Å². The molecular formula is C13H24N2O2. The number of carbonyl (C=O) groups is 1. The molecule has 1 aliphatic carbocycles. The van der Waals surface area contributed by atoms with Crippen LogP contribution in [-0.4, -0.2) is 35.7 Å².